The topological polar surface area (TPSA) is 68.5 Å². The van der Waals surface area contributed by atoms with E-state index >= 15 is 0 Å². The largest absolute Gasteiger partial charge is 0.385 e. The molecule has 0 unspecified atom stereocenters. The van der Waals surface area contributed by atoms with Crippen LogP contribution in [0.4, 0.5) is 5.69 Å². The third-order valence-corrected chi connectivity index (χ3v) is 3.17. The predicted octanol–water partition coefficient (Wildman–Crippen LogP) is 1.33. The SMILES string of the molecule is CCNc1ccnc(CSc2nnnn2C)c1. The van der Waals surface area contributed by atoms with Crippen molar-refractivity contribution in [1.29, 1.82) is 0 Å². The number of nitrogens with one attached hydrogen (secondary N) is 1. The van der Waals surface area contributed by atoms with Crippen molar-refractivity contribution in [3.05, 3.63) is 24.0 Å². The molecule has 2 heterocycles. The molecule has 0 aliphatic rings. The van der Waals surface area contributed by atoms with Gasteiger partial charge in [0.1, 0.15) is 0 Å². The predicted molar refractivity (Wildman–Crippen MR) is 66.8 cm³/mol. The lowest BCUT2D eigenvalue weighted by Gasteiger charge is -2.04. The van der Waals surface area contributed by atoms with Crippen LogP contribution >= 0.6 is 11.8 Å². The molecule has 0 bridgehead atoms. The standard InChI is InChI=1S/C10H14N6S/c1-3-11-8-4-5-12-9(6-8)7-17-10-13-14-15-16(10)2/h4-6H,3,7H2,1-2H3,(H,11,12). The molecule has 17 heavy (non-hydrogen) atoms. The minimum Gasteiger partial charge on any atom is -0.385 e. The van der Waals surface area contributed by atoms with Crippen LogP contribution in [0.15, 0.2) is 23.5 Å². The van der Waals surface area contributed by atoms with Gasteiger partial charge in [-0.25, -0.2) is 4.68 Å². The van der Waals surface area contributed by atoms with E-state index in [2.05, 4.69) is 32.7 Å². The van der Waals surface area contributed by atoms with E-state index < -0.39 is 0 Å². The molecule has 6 nitrogen and oxygen atoms in total. The lowest BCUT2D eigenvalue weighted by molar-refractivity contribution is 0.664. The Hall–Kier alpha value is -1.63. The number of aromatic nitrogens is 5. The maximum atomic E-state index is 4.31. The average molecular weight is 250 g/mol. The van der Waals surface area contributed by atoms with Gasteiger partial charge in [-0.2, -0.15) is 0 Å². The smallest absolute Gasteiger partial charge is 0.209 e. The van der Waals surface area contributed by atoms with Gasteiger partial charge >= 0.3 is 0 Å². The van der Waals surface area contributed by atoms with E-state index in [9.17, 15) is 0 Å². The van der Waals surface area contributed by atoms with Gasteiger partial charge in [0.05, 0.1) is 5.69 Å². The van der Waals surface area contributed by atoms with Crippen molar-refractivity contribution in [1.82, 2.24) is 25.2 Å². The number of anilines is 1. The summed E-state index contributed by atoms with van der Waals surface area (Å²) in [7, 11) is 1.82. The Morgan fingerprint density at radius 3 is 3.06 bits per heavy atom. The van der Waals surface area contributed by atoms with Crippen molar-refractivity contribution in [3.63, 3.8) is 0 Å². The van der Waals surface area contributed by atoms with E-state index in [1.165, 1.54) is 0 Å². The highest BCUT2D eigenvalue weighted by Crippen LogP contribution is 2.19. The summed E-state index contributed by atoms with van der Waals surface area (Å²) in [6.45, 7) is 2.98. The van der Waals surface area contributed by atoms with Crippen molar-refractivity contribution < 1.29 is 0 Å². The number of aryl methyl sites for hydroxylation is 1. The van der Waals surface area contributed by atoms with Crippen molar-refractivity contribution in [2.45, 2.75) is 17.8 Å². The number of hydrogen-bond donors (Lipinski definition) is 1. The molecule has 0 atom stereocenters. The van der Waals surface area contributed by atoms with Gasteiger partial charge in [-0.15, -0.1) is 5.10 Å². The van der Waals surface area contributed by atoms with E-state index in [0.717, 1.165) is 28.8 Å². The number of hydrogen-bond acceptors (Lipinski definition) is 6. The van der Waals surface area contributed by atoms with E-state index in [-0.39, 0.29) is 0 Å². The normalized spacial score (nSPS) is 10.5. The second-order valence-electron chi connectivity index (χ2n) is 3.44. The van der Waals surface area contributed by atoms with Gasteiger partial charge < -0.3 is 5.32 Å². The molecule has 0 saturated heterocycles. The Morgan fingerprint density at radius 1 is 1.47 bits per heavy atom. The number of nitrogens with zero attached hydrogens (tertiary/aromatic N) is 5. The minimum absolute atomic E-state index is 0.757. The molecule has 0 saturated carbocycles. The van der Waals surface area contributed by atoms with Crippen LogP contribution in [0.2, 0.25) is 0 Å². The van der Waals surface area contributed by atoms with E-state index in [4.69, 9.17) is 0 Å². The van der Waals surface area contributed by atoms with Crippen molar-refractivity contribution in [2.24, 2.45) is 7.05 Å². The molecule has 0 spiro atoms. The number of tetrazole rings is 1. The summed E-state index contributed by atoms with van der Waals surface area (Å²) < 4.78 is 1.65. The molecule has 2 aromatic heterocycles. The molecule has 90 valence electrons. The second-order valence-corrected chi connectivity index (χ2v) is 4.38. The molecular weight excluding hydrogens is 236 g/mol. The molecule has 2 aromatic rings. The Labute approximate surface area is 104 Å². The van der Waals surface area contributed by atoms with Crippen LogP contribution in [0.1, 0.15) is 12.6 Å². The van der Waals surface area contributed by atoms with Gasteiger partial charge in [-0.1, -0.05) is 11.8 Å². The Morgan fingerprint density at radius 2 is 2.35 bits per heavy atom. The molecule has 0 aromatic carbocycles. The van der Waals surface area contributed by atoms with Gasteiger partial charge in [-0.3, -0.25) is 4.98 Å². The monoisotopic (exact) mass is 250 g/mol. The first-order valence-electron chi connectivity index (χ1n) is 5.33. The van der Waals surface area contributed by atoms with Crippen molar-refractivity contribution in [2.75, 3.05) is 11.9 Å². The Kier molecular flexibility index (Phi) is 3.92. The van der Waals surface area contributed by atoms with Crippen LogP contribution < -0.4 is 5.32 Å². The van der Waals surface area contributed by atoms with Crippen LogP contribution in [-0.4, -0.2) is 31.7 Å². The quantitative estimate of drug-likeness (QED) is 0.807. The van der Waals surface area contributed by atoms with E-state index in [1.807, 2.05) is 25.4 Å². The molecule has 0 fully saturated rings. The zero-order valence-corrected chi connectivity index (χ0v) is 10.6. The molecule has 0 aliphatic heterocycles. The van der Waals surface area contributed by atoms with E-state index in [0.29, 0.717) is 0 Å². The molecule has 0 aliphatic carbocycles. The highest BCUT2D eigenvalue weighted by atomic mass is 32.2. The maximum Gasteiger partial charge on any atom is 0.209 e. The van der Waals surface area contributed by atoms with Crippen LogP contribution in [0.3, 0.4) is 0 Å². The summed E-state index contributed by atoms with van der Waals surface area (Å²) in [4.78, 5) is 4.31. The first kappa shape index (κ1) is 11.8. The van der Waals surface area contributed by atoms with E-state index in [1.54, 1.807) is 16.4 Å². The highest BCUT2D eigenvalue weighted by molar-refractivity contribution is 7.98. The summed E-state index contributed by atoms with van der Waals surface area (Å²) in [6.07, 6.45) is 1.81. The summed E-state index contributed by atoms with van der Waals surface area (Å²) in [5.74, 6) is 0.757. The second kappa shape index (κ2) is 5.62. The van der Waals surface area contributed by atoms with Crippen LogP contribution in [0.25, 0.3) is 0 Å². The van der Waals surface area contributed by atoms with Gasteiger partial charge in [-0.05, 0) is 29.5 Å². The third kappa shape index (κ3) is 3.16. The minimum atomic E-state index is 0.757. The maximum absolute atomic E-state index is 4.31. The first-order valence-corrected chi connectivity index (χ1v) is 6.32. The molecular formula is C10H14N6S. The fourth-order valence-electron chi connectivity index (χ4n) is 1.35. The molecule has 0 radical (unpaired) electrons. The lowest BCUT2D eigenvalue weighted by atomic mass is 10.3. The molecule has 1 N–H and O–H groups in total. The zero-order valence-electron chi connectivity index (χ0n) is 9.79. The van der Waals surface area contributed by atoms with Crippen molar-refractivity contribution in [3.8, 4) is 0 Å². The molecule has 2 rings (SSSR count). The summed E-state index contributed by atoms with van der Waals surface area (Å²) in [5, 5.41) is 15.3. The van der Waals surface area contributed by atoms with Gasteiger partial charge in [0.2, 0.25) is 5.16 Å². The highest BCUT2D eigenvalue weighted by Gasteiger charge is 2.04. The van der Waals surface area contributed by atoms with Crippen LogP contribution in [-0.2, 0) is 12.8 Å². The van der Waals surface area contributed by atoms with Gasteiger partial charge in [0.25, 0.3) is 0 Å². The fourth-order valence-corrected chi connectivity index (χ4v) is 2.11. The molecule has 0 amide bonds. The van der Waals surface area contributed by atoms with Crippen molar-refractivity contribution >= 4 is 17.4 Å². The molecule has 7 heteroatoms. The lowest BCUT2D eigenvalue weighted by Crippen LogP contribution is -1.98. The Balaban J connectivity index is 1.99. The number of thioether (sulfide) groups is 1. The fraction of sp³-hybridized carbons (Fsp3) is 0.400. The number of rotatable bonds is 5. The Bertz CT molecular complexity index is 483. The third-order valence-electron chi connectivity index (χ3n) is 2.13. The zero-order chi connectivity index (χ0) is 12.1. The number of pyridine rings is 1. The van der Waals surface area contributed by atoms with Crippen LogP contribution in [0, 0.1) is 0 Å². The first-order chi connectivity index (χ1) is 8.29. The summed E-state index contributed by atoms with van der Waals surface area (Å²) >= 11 is 1.57. The summed E-state index contributed by atoms with van der Waals surface area (Å²) in [6, 6.07) is 4.00. The van der Waals surface area contributed by atoms with Gasteiger partial charge in [0.15, 0.2) is 0 Å². The summed E-state index contributed by atoms with van der Waals surface area (Å²) in [5.41, 5.74) is 2.10. The average Bonchev–Trinajstić information content (AvgIpc) is 2.73. The van der Waals surface area contributed by atoms with Gasteiger partial charge in [0, 0.05) is 31.2 Å². The van der Waals surface area contributed by atoms with Crippen LogP contribution in [0.5, 0.6) is 0 Å².